The largest absolute Gasteiger partial charge is 0.484 e. The zero-order valence-corrected chi connectivity index (χ0v) is 15.0. The van der Waals surface area contributed by atoms with Crippen LogP contribution in [0.5, 0.6) is 11.8 Å². The number of hydrogen-bond acceptors (Lipinski definition) is 5. The number of alkyl halides is 3. The first-order valence-corrected chi connectivity index (χ1v) is 8.67. The Morgan fingerprint density at radius 2 is 1.89 bits per heavy atom. The summed E-state index contributed by atoms with van der Waals surface area (Å²) in [6.45, 7) is 0.890. The number of carbonyl (C=O) groups is 1. The molecule has 150 valence electrons. The molecule has 0 fully saturated rings. The first kappa shape index (κ1) is 19.7. The van der Waals surface area contributed by atoms with Crippen molar-refractivity contribution in [1.29, 1.82) is 0 Å². The van der Waals surface area contributed by atoms with Gasteiger partial charge >= 0.3 is 12.2 Å². The normalized spacial score (nSPS) is 13.2. The Morgan fingerprint density at radius 1 is 1.18 bits per heavy atom. The average Bonchev–Trinajstić information content (AvgIpc) is 3.01. The summed E-state index contributed by atoms with van der Waals surface area (Å²) in [5, 5.41) is 2.52. The van der Waals surface area contributed by atoms with Crippen LogP contribution in [0.1, 0.15) is 25.3 Å². The van der Waals surface area contributed by atoms with Gasteiger partial charge in [0.05, 0.1) is 24.3 Å². The van der Waals surface area contributed by atoms with Crippen molar-refractivity contribution in [2.24, 2.45) is 0 Å². The number of rotatable bonds is 7. The Bertz CT molecular complexity index is 923. The van der Waals surface area contributed by atoms with E-state index in [0.717, 1.165) is 12.8 Å². The summed E-state index contributed by atoms with van der Waals surface area (Å²) < 4.78 is 48.3. The molecule has 0 saturated carbocycles. The fourth-order valence-electron chi connectivity index (χ4n) is 2.62. The van der Waals surface area contributed by atoms with E-state index in [4.69, 9.17) is 4.74 Å². The minimum Gasteiger partial charge on any atom is -0.484 e. The molecule has 1 aromatic heterocycles. The lowest BCUT2D eigenvalue weighted by atomic mass is 10.2. The molecule has 0 radical (unpaired) electrons. The molecule has 3 rings (SSSR count). The lowest BCUT2D eigenvalue weighted by molar-refractivity contribution is -0.153. The molecule has 28 heavy (non-hydrogen) atoms. The second-order valence-electron chi connectivity index (χ2n) is 6.19. The number of nitrogens with zero attached hydrogens (tertiary/aromatic N) is 2. The summed E-state index contributed by atoms with van der Waals surface area (Å²) in [6.07, 6.45) is -2.93. The van der Waals surface area contributed by atoms with Gasteiger partial charge in [-0.15, -0.1) is 0 Å². The highest BCUT2D eigenvalue weighted by Gasteiger charge is 2.29. The quantitative estimate of drug-likeness (QED) is 0.727. The van der Waals surface area contributed by atoms with E-state index in [2.05, 4.69) is 15.0 Å². The number of unbranched alkanes of at least 4 members (excludes halogenated alkanes) is 1. The predicted octanol–water partition coefficient (Wildman–Crippen LogP) is 2.85. The fraction of sp³-hybridized carbons (Fsp3) is 0.389. The van der Waals surface area contributed by atoms with Crippen molar-refractivity contribution < 1.29 is 27.4 Å². The first-order chi connectivity index (χ1) is 13.3. The van der Waals surface area contributed by atoms with E-state index in [1.807, 2.05) is 6.92 Å². The molecule has 7 nitrogen and oxygen atoms in total. The van der Waals surface area contributed by atoms with E-state index in [-0.39, 0.29) is 35.5 Å². The van der Waals surface area contributed by atoms with Crippen LogP contribution in [0.25, 0.3) is 5.69 Å². The van der Waals surface area contributed by atoms with Crippen molar-refractivity contribution in [3.8, 4) is 17.4 Å². The number of amides is 1. The van der Waals surface area contributed by atoms with E-state index in [0.29, 0.717) is 12.3 Å². The molecule has 0 spiro atoms. The summed E-state index contributed by atoms with van der Waals surface area (Å²) in [5.41, 5.74) is 0.0783. The maximum atomic E-state index is 12.9. The molecule has 1 aliphatic rings. The van der Waals surface area contributed by atoms with Crippen LogP contribution in [0.2, 0.25) is 0 Å². The van der Waals surface area contributed by atoms with Crippen molar-refractivity contribution in [3.63, 3.8) is 0 Å². The van der Waals surface area contributed by atoms with Crippen LogP contribution in [0.15, 0.2) is 29.1 Å². The lowest BCUT2D eigenvalue weighted by Gasteiger charge is -2.15. The number of aromatic nitrogens is 2. The smallest absolute Gasteiger partial charge is 0.422 e. The highest BCUT2D eigenvalue weighted by molar-refractivity contribution is 5.97. The van der Waals surface area contributed by atoms with Crippen LogP contribution < -0.4 is 20.3 Å². The standard InChI is InChI=1S/C18H18F3N3O4/c1-2-3-8-27-17-23-15-13(9-14(25)22-15)16(26)24(17)11-4-6-12(7-5-11)28-10-18(19,20)21/h4-7H,2-3,8-10H2,1H3,(H,22,25). The van der Waals surface area contributed by atoms with Gasteiger partial charge in [-0.25, -0.2) is 4.57 Å². The van der Waals surface area contributed by atoms with Crippen LogP contribution in [0.4, 0.5) is 19.0 Å². The summed E-state index contributed by atoms with van der Waals surface area (Å²) in [4.78, 5) is 28.7. The maximum absolute atomic E-state index is 12.9. The first-order valence-electron chi connectivity index (χ1n) is 8.67. The van der Waals surface area contributed by atoms with E-state index in [1.165, 1.54) is 28.8 Å². The van der Waals surface area contributed by atoms with Crippen LogP contribution in [0.3, 0.4) is 0 Å². The Balaban J connectivity index is 1.94. The van der Waals surface area contributed by atoms with Crippen molar-refractivity contribution in [2.45, 2.75) is 32.4 Å². The number of fused-ring (bicyclic) bond motifs is 1. The van der Waals surface area contributed by atoms with Gasteiger partial charge in [-0.2, -0.15) is 18.2 Å². The van der Waals surface area contributed by atoms with Gasteiger partial charge in [0.1, 0.15) is 11.6 Å². The van der Waals surface area contributed by atoms with Crippen molar-refractivity contribution in [3.05, 3.63) is 40.2 Å². The molecule has 0 aliphatic carbocycles. The molecule has 2 heterocycles. The second kappa shape index (κ2) is 7.91. The molecule has 1 aromatic carbocycles. The second-order valence-corrected chi connectivity index (χ2v) is 6.19. The molecular weight excluding hydrogens is 379 g/mol. The minimum absolute atomic E-state index is 0.00311. The Hall–Kier alpha value is -3.04. The van der Waals surface area contributed by atoms with Crippen molar-refractivity contribution >= 4 is 11.7 Å². The topological polar surface area (TPSA) is 82.4 Å². The van der Waals surface area contributed by atoms with Crippen LogP contribution in [0, 0.1) is 0 Å². The molecule has 1 amide bonds. The number of ether oxygens (including phenoxy) is 2. The van der Waals surface area contributed by atoms with E-state index in [1.54, 1.807) is 0 Å². The highest BCUT2D eigenvalue weighted by atomic mass is 19.4. The summed E-state index contributed by atoms with van der Waals surface area (Å²) in [6, 6.07) is 5.50. The zero-order chi connectivity index (χ0) is 20.3. The number of benzene rings is 1. The SMILES string of the molecule is CCCCOc1nc2c(c(=O)n1-c1ccc(OCC(F)(F)F)cc1)CC(=O)N2. The maximum Gasteiger partial charge on any atom is 0.422 e. The van der Waals surface area contributed by atoms with Crippen LogP contribution in [-0.4, -0.2) is 34.8 Å². The van der Waals surface area contributed by atoms with Gasteiger partial charge in [-0.1, -0.05) is 13.3 Å². The number of anilines is 1. The number of nitrogens with one attached hydrogen (secondary N) is 1. The van der Waals surface area contributed by atoms with Gasteiger partial charge < -0.3 is 14.8 Å². The molecule has 2 aromatic rings. The van der Waals surface area contributed by atoms with Gasteiger partial charge in [0, 0.05) is 0 Å². The predicted molar refractivity (Wildman–Crippen MR) is 94.1 cm³/mol. The third-order valence-electron chi connectivity index (χ3n) is 3.97. The van der Waals surface area contributed by atoms with Gasteiger partial charge in [-0.3, -0.25) is 9.59 Å². The van der Waals surface area contributed by atoms with E-state index in [9.17, 15) is 22.8 Å². The molecule has 1 N–H and O–H groups in total. The Labute approximate surface area is 158 Å². The van der Waals surface area contributed by atoms with Crippen LogP contribution in [-0.2, 0) is 11.2 Å². The molecule has 1 aliphatic heterocycles. The van der Waals surface area contributed by atoms with E-state index < -0.39 is 18.3 Å². The third kappa shape index (κ3) is 4.44. The summed E-state index contributed by atoms with van der Waals surface area (Å²) in [7, 11) is 0. The third-order valence-corrected chi connectivity index (χ3v) is 3.97. The summed E-state index contributed by atoms with van der Waals surface area (Å²) in [5.74, 6) is -0.163. The number of carbonyl (C=O) groups excluding carboxylic acids is 1. The number of halogens is 3. The van der Waals surface area contributed by atoms with Gasteiger partial charge in [0.15, 0.2) is 6.61 Å². The monoisotopic (exact) mass is 397 g/mol. The highest BCUT2D eigenvalue weighted by Crippen LogP contribution is 2.25. The molecule has 0 unspecified atom stereocenters. The fourth-order valence-corrected chi connectivity index (χ4v) is 2.62. The summed E-state index contributed by atoms with van der Waals surface area (Å²) >= 11 is 0. The van der Waals surface area contributed by atoms with Crippen molar-refractivity contribution in [2.75, 3.05) is 18.5 Å². The minimum atomic E-state index is -4.45. The van der Waals surface area contributed by atoms with Gasteiger partial charge in [0.25, 0.3) is 5.56 Å². The number of hydrogen-bond donors (Lipinski definition) is 1. The average molecular weight is 397 g/mol. The molecule has 0 atom stereocenters. The molecule has 0 saturated heterocycles. The zero-order valence-electron chi connectivity index (χ0n) is 15.0. The molecule has 10 heteroatoms. The van der Waals surface area contributed by atoms with E-state index >= 15 is 0 Å². The van der Waals surface area contributed by atoms with Crippen LogP contribution >= 0.6 is 0 Å². The Morgan fingerprint density at radius 3 is 2.54 bits per heavy atom. The molecular formula is C18H18F3N3O4. The lowest BCUT2D eigenvalue weighted by Crippen LogP contribution is -2.25. The van der Waals surface area contributed by atoms with Crippen molar-refractivity contribution in [1.82, 2.24) is 9.55 Å². The Kier molecular flexibility index (Phi) is 5.57. The van der Waals surface area contributed by atoms with Gasteiger partial charge in [-0.05, 0) is 30.7 Å². The molecule has 0 bridgehead atoms. The van der Waals surface area contributed by atoms with Gasteiger partial charge in [0.2, 0.25) is 5.91 Å².